The maximum absolute atomic E-state index is 13.4. The van der Waals surface area contributed by atoms with E-state index >= 15 is 0 Å². The van der Waals surface area contributed by atoms with E-state index in [0.29, 0.717) is 38.3 Å². The Morgan fingerprint density at radius 3 is 2.90 bits per heavy atom. The van der Waals surface area contributed by atoms with E-state index in [-0.39, 0.29) is 24.0 Å². The summed E-state index contributed by atoms with van der Waals surface area (Å²) in [5, 5.41) is 20.2. The van der Waals surface area contributed by atoms with Crippen LogP contribution in [0.15, 0.2) is 6.20 Å². The molecule has 2 bridgehead atoms. The van der Waals surface area contributed by atoms with Gasteiger partial charge in [-0.25, -0.2) is 0 Å². The Labute approximate surface area is 174 Å². The van der Waals surface area contributed by atoms with Crippen molar-refractivity contribution in [1.82, 2.24) is 25.2 Å². The molecule has 3 rings (SSSR count). The minimum Gasteiger partial charge on any atom is -0.394 e. The number of aliphatic hydroxyl groups excluding tert-OH is 1. The van der Waals surface area contributed by atoms with E-state index < -0.39 is 0 Å². The maximum atomic E-state index is 13.4. The Hall–Kier alpha value is -1.51. The van der Waals surface area contributed by atoms with Crippen LogP contribution < -0.4 is 5.32 Å². The molecular formula is C21H37N5O3. The molecule has 29 heavy (non-hydrogen) atoms. The summed E-state index contributed by atoms with van der Waals surface area (Å²) in [6, 6.07) is 0.756. The molecule has 8 nitrogen and oxygen atoms in total. The normalized spacial score (nSPS) is 26.5. The second-order valence-corrected chi connectivity index (χ2v) is 8.99. The SMILES string of the molecule is Cc1cn(CCNC(=O)[C@@]2(CCC(C)C)C[C@H]3CC[C@@H]2N3CCOCCO)nn1. The molecule has 3 atom stereocenters. The van der Waals surface area contributed by atoms with E-state index in [1.807, 2.05) is 13.1 Å². The quantitative estimate of drug-likeness (QED) is 0.509. The Kier molecular flexibility index (Phi) is 7.65. The third-order valence-electron chi connectivity index (χ3n) is 6.51. The lowest BCUT2D eigenvalue weighted by atomic mass is 9.69. The first-order chi connectivity index (χ1) is 14.0. The summed E-state index contributed by atoms with van der Waals surface area (Å²) < 4.78 is 7.28. The summed E-state index contributed by atoms with van der Waals surface area (Å²) >= 11 is 0. The Balaban J connectivity index is 1.63. The Morgan fingerprint density at radius 1 is 1.38 bits per heavy atom. The number of carbonyl (C=O) groups is 1. The van der Waals surface area contributed by atoms with Crippen molar-refractivity contribution in [3.8, 4) is 0 Å². The van der Waals surface area contributed by atoms with Gasteiger partial charge in [0.15, 0.2) is 0 Å². The van der Waals surface area contributed by atoms with Crippen molar-refractivity contribution in [3.05, 3.63) is 11.9 Å². The van der Waals surface area contributed by atoms with Crippen LogP contribution in [0.25, 0.3) is 0 Å². The lowest BCUT2D eigenvalue weighted by molar-refractivity contribution is -0.133. The number of carbonyl (C=O) groups excluding carboxylic acids is 1. The summed E-state index contributed by atoms with van der Waals surface area (Å²) in [5.74, 6) is 0.779. The van der Waals surface area contributed by atoms with E-state index in [0.717, 1.165) is 37.9 Å². The van der Waals surface area contributed by atoms with Crippen molar-refractivity contribution in [2.24, 2.45) is 11.3 Å². The smallest absolute Gasteiger partial charge is 0.227 e. The number of hydrogen-bond donors (Lipinski definition) is 2. The second kappa shape index (κ2) is 10.00. The van der Waals surface area contributed by atoms with Crippen molar-refractivity contribution >= 4 is 5.91 Å². The monoisotopic (exact) mass is 407 g/mol. The zero-order valence-electron chi connectivity index (χ0n) is 18.1. The summed E-state index contributed by atoms with van der Waals surface area (Å²) in [4.78, 5) is 15.9. The van der Waals surface area contributed by atoms with Crippen molar-refractivity contribution in [1.29, 1.82) is 0 Å². The van der Waals surface area contributed by atoms with Crippen LogP contribution in [0, 0.1) is 18.3 Å². The van der Waals surface area contributed by atoms with E-state index in [1.165, 1.54) is 6.42 Å². The highest BCUT2D eigenvalue weighted by Crippen LogP contribution is 2.52. The van der Waals surface area contributed by atoms with Crippen LogP contribution in [0.3, 0.4) is 0 Å². The number of hydrogen-bond acceptors (Lipinski definition) is 6. The van der Waals surface area contributed by atoms with Crippen molar-refractivity contribution < 1.29 is 14.6 Å². The predicted octanol–water partition coefficient (Wildman–Crippen LogP) is 1.37. The number of fused-ring (bicyclic) bond motifs is 2. The molecule has 164 valence electrons. The first-order valence-electron chi connectivity index (χ1n) is 11.1. The number of ether oxygens (including phenoxy) is 1. The van der Waals surface area contributed by atoms with Crippen LogP contribution in [0.5, 0.6) is 0 Å². The zero-order valence-corrected chi connectivity index (χ0v) is 18.1. The highest BCUT2D eigenvalue weighted by Gasteiger charge is 2.58. The highest BCUT2D eigenvalue weighted by atomic mass is 16.5. The number of nitrogens with zero attached hydrogens (tertiary/aromatic N) is 4. The van der Waals surface area contributed by atoms with Gasteiger partial charge in [-0.05, 0) is 44.9 Å². The first-order valence-corrected chi connectivity index (χ1v) is 11.1. The fourth-order valence-electron chi connectivity index (χ4n) is 5.12. The summed E-state index contributed by atoms with van der Waals surface area (Å²) in [5.41, 5.74) is 0.583. The van der Waals surface area contributed by atoms with Crippen LogP contribution in [0.4, 0.5) is 0 Å². The molecule has 1 aromatic rings. The summed E-state index contributed by atoms with van der Waals surface area (Å²) in [7, 11) is 0. The Bertz CT molecular complexity index is 664. The van der Waals surface area contributed by atoms with Gasteiger partial charge < -0.3 is 15.2 Å². The number of aryl methyl sites for hydroxylation is 1. The van der Waals surface area contributed by atoms with Crippen molar-refractivity contribution in [2.45, 2.75) is 71.5 Å². The molecule has 0 unspecified atom stereocenters. The van der Waals surface area contributed by atoms with Gasteiger partial charge in [0, 0.05) is 31.4 Å². The predicted molar refractivity (Wildman–Crippen MR) is 110 cm³/mol. The largest absolute Gasteiger partial charge is 0.394 e. The minimum absolute atomic E-state index is 0.0545. The van der Waals surface area contributed by atoms with E-state index in [9.17, 15) is 4.79 Å². The molecule has 0 spiro atoms. The van der Waals surface area contributed by atoms with E-state index in [1.54, 1.807) is 4.68 Å². The van der Waals surface area contributed by atoms with Gasteiger partial charge in [-0.1, -0.05) is 19.1 Å². The Morgan fingerprint density at radius 2 is 2.21 bits per heavy atom. The zero-order chi connectivity index (χ0) is 20.9. The molecule has 3 heterocycles. The fraction of sp³-hybridized carbons (Fsp3) is 0.857. The molecular weight excluding hydrogens is 370 g/mol. The average Bonchev–Trinajstić information content (AvgIpc) is 3.37. The molecule has 2 saturated heterocycles. The van der Waals surface area contributed by atoms with Crippen molar-refractivity contribution in [3.63, 3.8) is 0 Å². The van der Waals surface area contributed by atoms with Crippen LogP contribution in [0.2, 0.25) is 0 Å². The van der Waals surface area contributed by atoms with Gasteiger partial charge in [-0.15, -0.1) is 5.10 Å². The molecule has 2 fully saturated rings. The standard InChI is InChI=1S/C21H37N5O3/c1-16(2)6-7-21(20(28)22-8-9-25-15-17(3)23-24-25)14-18-4-5-19(21)26(18)10-12-29-13-11-27/h15-16,18-19,27H,4-14H2,1-3H3,(H,22,28)/t18-,19+,21+/m1/s1. The maximum Gasteiger partial charge on any atom is 0.227 e. The molecule has 8 heteroatoms. The molecule has 0 saturated carbocycles. The van der Waals surface area contributed by atoms with Gasteiger partial charge in [-0.2, -0.15) is 0 Å². The second-order valence-electron chi connectivity index (χ2n) is 8.99. The topological polar surface area (TPSA) is 92.5 Å². The van der Waals surface area contributed by atoms with Crippen LogP contribution in [-0.4, -0.2) is 75.9 Å². The number of rotatable bonds is 12. The van der Waals surface area contributed by atoms with Gasteiger partial charge in [0.05, 0.1) is 37.5 Å². The molecule has 1 aromatic heterocycles. The van der Waals surface area contributed by atoms with Crippen molar-refractivity contribution in [2.75, 3.05) is 32.9 Å². The third kappa shape index (κ3) is 5.16. The molecule has 2 aliphatic heterocycles. The molecule has 0 aliphatic carbocycles. The number of aliphatic hydroxyl groups is 1. The van der Waals surface area contributed by atoms with Gasteiger partial charge in [-0.3, -0.25) is 14.4 Å². The van der Waals surface area contributed by atoms with Gasteiger partial charge >= 0.3 is 0 Å². The number of nitrogens with one attached hydrogen (secondary N) is 1. The van der Waals surface area contributed by atoms with Crippen LogP contribution >= 0.6 is 0 Å². The molecule has 2 aliphatic rings. The molecule has 2 N–H and O–H groups in total. The van der Waals surface area contributed by atoms with Crippen LogP contribution in [-0.2, 0) is 16.1 Å². The third-order valence-corrected chi connectivity index (χ3v) is 6.51. The highest BCUT2D eigenvalue weighted by molar-refractivity contribution is 5.84. The van der Waals surface area contributed by atoms with E-state index in [4.69, 9.17) is 9.84 Å². The summed E-state index contributed by atoms with van der Waals surface area (Å²) in [6.45, 7) is 9.46. The first kappa shape index (κ1) is 22.2. The lowest BCUT2D eigenvalue weighted by Gasteiger charge is -2.37. The van der Waals surface area contributed by atoms with E-state index in [2.05, 4.69) is 34.4 Å². The lowest BCUT2D eigenvalue weighted by Crippen LogP contribution is -2.50. The molecule has 0 aromatic carbocycles. The average molecular weight is 408 g/mol. The minimum atomic E-state index is -0.303. The van der Waals surface area contributed by atoms with Gasteiger partial charge in [0.1, 0.15) is 0 Å². The van der Waals surface area contributed by atoms with Gasteiger partial charge in [0.25, 0.3) is 0 Å². The summed E-state index contributed by atoms with van der Waals surface area (Å²) in [6.07, 6.45) is 7.09. The molecule has 0 radical (unpaired) electrons. The van der Waals surface area contributed by atoms with Crippen LogP contribution in [0.1, 0.15) is 51.6 Å². The van der Waals surface area contributed by atoms with Gasteiger partial charge in [0.2, 0.25) is 5.91 Å². The fourth-order valence-corrected chi connectivity index (χ4v) is 5.12. The molecule has 1 amide bonds. The number of amides is 1. The number of aromatic nitrogens is 3.